The minimum Gasteiger partial charge on any atom is -0.398 e. The van der Waals surface area contributed by atoms with Crippen LogP contribution in [0.15, 0.2) is 43.1 Å². The van der Waals surface area contributed by atoms with Crippen LogP contribution in [0.3, 0.4) is 0 Å². The molecule has 96 valence electrons. The Morgan fingerprint density at radius 2 is 2.05 bits per heavy atom. The van der Waals surface area contributed by atoms with Crippen LogP contribution in [-0.4, -0.2) is 10.1 Å². The lowest BCUT2D eigenvalue weighted by Gasteiger charge is -1.99. The molecule has 4 nitrogen and oxygen atoms in total. The molecule has 0 unspecified atom stereocenters. The first-order chi connectivity index (χ1) is 9.13. The summed E-state index contributed by atoms with van der Waals surface area (Å²) in [7, 11) is 0. The van der Waals surface area contributed by atoms with Crippen molar-refractivity contribution in [1.29, 1.82) is 0 Å². The summed E-state index contributed by atoms with van der Waals surface area (Å²) in [5, 5.41) is 5.95. The molecule has 2 heterocycles. The summed E-state index contributed by atoms with van der Waals surface area (Å²) in [5.74, 6) is 1.03. The van der Waals surface area contributed by atoms with Crippen molar-refractivity contribution in [1.82, 2.24) is 10.1 Å². The van der Waals surface area contributed by atoms with Gasteiger partial charge in [-0.25, -0.2) is 0 Å². The highest BCUT2D eigenvalue weighted by atomic mass is 79.9. The van der Waals surface area contributed by atoms with E-state index in [4.69, 9.17) is 10.3 Å². The van der Waals surface area contributed by atoms with Crippen LogP contribution >= 0.6 is 43.2 Å². The third kappa shape index (κ3) is 2.58. The van der Waals surface area contributed by atoms with Gasteiger partial charge in [-0.05, 0) is 56.1 Å². The summed E-state index contributed by atoms with van der Waals surface area (Å²) in [6, 6.07) is 7.49. The molecule has 0 aliphatic rings. The number of nitrogens with zero attached hydrogens (tertiary/aromatic N) is 2. The molecule has 0 aliphatic carbocycles. The van der Waals surface area contributed by atoms with Gasteiger partial charge in [0, 0.05) is 25.6 Å². The average molecular weight is 401 g/mol. The maximum Gasteiger partial charge on any atom is 0.258 e. The van der Waals surface area contributed by atoms with Crippen molar-refractivity contribution in [2.75, 3.05) is 5.73 Å². The normalized spacial score (nSPS) is 10.8. The molecule has 7 heteroatoms. The first-order valence-electron chi connectivity index (χ1n) is 5.27. The van der Waals surface area contributed by atoms with Crippen molar-refractivity contribution < 1.29 is 4.52 Å². The van der Waals surface area contributed by atoms with E-state index in [-0.39, 0.29) is 0 Å². The molecular weight excluding hydrogens is 394 g/mol. The fraction of sp³-hybridized carbons (Fsp3) is 0. The first-order valence-corrected chi connectivity index (χ1v) is 7.73. The average Bonchev–Trinajstić information content (AvgIpc) is 3.01. The van der Waals surface area contributed by atoms with Gasteiger partial charge in [0.25, 0.3) is 5.89 Å². The maximum absolute atomic E-state index is 5.84. The smallest absolute Gasteiger partial charge is 0.258 e. The molecule has 0 radical (unpaired) electrons. The molecule has 0 bridgehead atoms. The Morgan fingerprint density at radius 1 is 1.21 bits per heavy atom. The zero-order chi connectivity index (χ0) is 13.4. The zero-order valence-corrected chi connectivity index (χ0v) is 13.4. The van der Waals surface area contributed by atoms with Crippen LogP contribution in [0.5, 0.6) is 0 Å². The third-order valence-corrected chi connectivity index (χ3v) is 4.87. The van der Waals surface area contributed by atoms with Crippen LogP contribution in [0.25, 0.3) is 22.2 Å². The van der Waals surface area contributed by atoms with E-state index in [0.717, 1.165) is 19.4 Å². The standard InChI is InChI=1S/C12H7Br2N3OS/c13-7-4-10(19-5-7)11-16-12(18-17-11)6-1-2-8(14)9(15)3-6/h1-5H,15H2. The first kappa shape index (κ1) is 12.8. The number of anilines is 1. The molecule has 19 heavy (non-hydrogen) atoms. The van der Waals surface area contributed by atoms with Gasteiger partial charge >= 0.3 is 0 Å². The van der Waals surface area contributed by atoms with Crippen molar-refractivity contribution >= 4 is 48.9 Å². The minimum atomic E-state index is 0.457. The van der Waals surface area contributed by atoms with Crippen LogP contribution < -0.4 is 5.73 Å². The molecule has 1 aromatic carbocycles. The Kier molecular flexibility index (Phi) is 3.42. The van der Waals surface area contributed by atoms with Crippen molar-refractivity contribution in [3.63, 3.8) is 0 Å². The summed E-state index contributed by atoms with van der Waals surface area (Å²) >= 11 is 8.31. The Hall–Kier alpha value is -1.18. The summed E-state index contributed by atoms with van der Waals surface area (Å²) in [4.78, 5) is 5.33. The SMILES string of the molecule is Nc1cc(-c2nc(-c3cc(Br)cs3)no2)ccc1Br. The number of hydrogen-bond donors (Lipinski definition) is 1. The van der Waals surface area contributed by atoms with E-state index in [2.05, 4.69) is 42.0 Å². The van der Waals surface area contributed by atoms with E-state index < -0.39 is 0 Å². The topological polar surface area (TPSA) is 64.9 Å². The molecule has 0 saturated carbocycles. The largest absolute Gasteiger partial charge is 0.398 e. The zero-order valence-electron chi connectivity index (χ0n) is 9.43. The van der Waals surface area contributed by atoms with Crippen molar-refractivity contribution in [3.05, 3.63) is 38.6 Å². The Bertz CT molecular complexity index is 738. The molecule has 0 aliphatic heterocycles. The number of halogens is 2. The van der Waals surface area contributed by atoms with E-state index >= 15 is 0 Å². The second kappa shape index (κ2) is 5.07. The Morgan fingerprint density at radius 3 is 2.74 bits per heavy atom. The van der Waals surface area contributed by atoms with Gasteiger partial charge in [0.2, 0.25) is 5.82 Å². The van der Waals surface area contributed by atoms with E-state index in [0.29, 0.717) is 17.4 Å². The molecule has 0 spiro atoms. The van der Waals surface area contributed by atoms with E-state index in [1.165, 1.54) is 0 Å². The molecule has 3 rings (SSSR count). The summed E-state index contributed by atoms with van der Waals surface area (Å²) in [5.41, 5.74) is 7.27. The molecule has 0 fully saturated rings. The van der Waals surface area contributed by atoms with Crippen molar-refractivity contribution in [2.45, 2.75) is 0 Å². The molecule has 2 N–H and O–H groups in total. The highest BCUT2D eigenvalue weighted by Crippen LogP contribution is 2.31. The highest BCUT2D eigenvalue weighted by molar-refractivity contribution is 9.10. The molecule has 3 aromatic rings. The van der Waals surface area contributed by atoms with Gasteiger partial charge < -0.3 is 10.3 Å². The summed E-state index contributed by atoms with van der Waals surface area (Å²) in [6.45, 7) is 0. The number of nitrogen functional groups attached to an aromatic ring is 1. The number of nitrogens with two attached hydrogens (primary N) is 1. The number of rotatable bonds is 2. The van der Waals surface area contributed by atoms with Gasteiger partial charge in [0.15, 0.2) is 0 Å². The van der Waals surface area contributed by atoms with Gasteiger partial charge in [0.1, 0.15) is 0 Å². The number of thiophene rings is 1. The lowest BCUT2D eigenvalue weighted by Crippen LogP contribution is -1.87. The van der Waals surface area contributed by atoms with Gasteiger partial charge in [-0.1, -0.05) is 5.16 Å². The van der Waals surface area contributed by atoms with Gasteiger partial charge in [-0.2, -0.15) is 4.98 Å². The fourth-order valence-electron chi connectivity index (χ4n) is 1.55. The molecule has 0 amide bonds. The van der Waals surface area contributed by atoms with E-state index in [1.54, 1.807) is 17.4 Å². The van der Waals surface area contributed by atoms with Crippen LogP contribution in [0.2, 0.25) is 0 Å². The van der Waals surface area contributed by atoms with Crippen molar-refractivity contribution in [3.8, 4) is 22.2 Å². The minimum absolute atomic E-state index is 0.457. The number of benzene rings is 1. The Balaban J connectivity index is 1.98. The van der Waals surface area contributed by atoms with Gasteiger partial charge in [-0.15, -0.1) is 11.3 Å². The fourth-order valence-corrected chi connectivity index (χ4v) is 3.15. The van der Waals surface area contributed by atoms with E-state index in [9.17, 15) is 0 Å². The van der Waals surface area contributed by atoms with Crippen LogP contribution in [0.4, 0.5) is 5.69 Å². The maximum atomic E-state index is 5.84. The predicted molar refractivity (Wildman–Crippen MR) is 82.9 cm³/mol. The van der Waals surface area contributed by atoms with Crippen molar-refractivity contribution in [2.24, 2.45) is 0 Å². The highest BCUT2D eigenvalue weighted by Gasteiger charge is 2.12. The summed E-state index contributed by atoms with van der Waals surface area (Å²) in [6.07, 6.45) is 0. The van der Waals surface area contributed by atoms with E-state index in [1.807, 2.05) is 23.6 Å². The second-order valence-electron chi connectivity index (χ2n) is 3.79. The predicted octanol–water partition coefficient (Wildman–Crippen LogP) is 4.57. The van der Waals surface area contributed by atoms with Crippen LogP contribution in [0.1, 0.15) is 0 Å². The van der Waals surface area contributed by atoms with Crippen LogP contribution in [-0.2, 0) is 0 Å². The Labute approximate surface area is 129 Å². The lowest BCUT2D eigenvalue weighted by atomic mass is 10.2. The molecular formula is C12H7Br2N3OS. The summed E-state index contributed by atoms with van der Waals surface area (Å²) < 4.78 is 7.12. The number of hydrogen-bond acceptors (Lipinski definition) is 5. The second-order valence-corrected chi connectivity index (χ2v) is 6.47. The van der Waals surface area contributed by atoms with Gasteiger partial charge in [0.05, 0.1) is 4.88 Å². The quantitative estimate of drug-likeness (QED) is 0.639. The molecule has 2 aromatic heterocycles. The lowest BCUT2D eigenvalue weighted by molar-refractivity contribution is 0.432. The van der Waals surface area contributed by atoms with Gasteiger partial charge in [-0.3, -0.25) is 0 Å². The van der Waals surface area contributed by atoms with Crippen LogP contribution in [0, 0.1) is 0 Å². The molecule has 0 saturated heterocycles. The molecule has 0 atom stereocenters. The third-order valence-electron chi connectivity index (χ3n) is 2.46. The monoisotopic (exact) mass is 399 g/mol. The number of aromatic nitrogens is 2.